The number of aryl methyl sites for hydroxylation is 1. The fourth-order valence-corrected chi connectivity index (χ4v) is 2.71. The minimum atomic E-state index is 0. The van der Waals surface area contributed by atoms with E-state index < -0.39 is 0 Å². The second-order valence-corrected chi connectivity index (χ2v) is 6.24. The van der Waals surface area contributed by atoms with E-state index in [1.165, 1.54) is 11.1 Å². The van der Waals surface area contributed by atoms with Crippen molar-refractivity contribution in [2.45, 2.75) is 26.3 Å². The highest BCUT2D eigenvalue weighted by atomic mass is 127. The topological polar surface area (TPSA) is 64.1 Å². The Morgan fingerprint density at radius 1 is 1.26 bits per heavy atom. The molecule has 0 radical (unpaired) electrons. The molecule has 1 aliphatic rings. The van der Waals surface area contributed by atoms with Crippen molar-refractivity contribution in [3.05, 3.63) is 41.0 Å². The van der Waals surface area contributed by atoms with Crippen molar-refractivity contribution in [2.24, 2.45) is 4.99 Å². The molecule has 1 aromatic rings. The first-order chi connectivity index (χ1) is 12.7. The van der Waals surface area contributed by atoms with Crippen LogP contribution in [0.2, 0.25) is 0 Å². The summed E-state index contributed by atoms with van der Waals surface area (Å²) in [5, 5.41) is 6.72. The molecule has 0 saturated carbocycles. The quantitative estimate of drug-likeness (QED) is 0.184. The number of rotatable bonds is 9. The van der Waals surface area contributed by atoms with E-state index in [2.05, 4.69) is 46.8 Å². The summed E-state index contributed by atoms with van der Waals surface area (Å²) in [6.07, 6.45) is 4.22. The number of hydrogen-bond donors (Lipinski definition) is 2. The smallest absolute Gasteiger partial charge is 0.191 e. The zero-order chi connectivity index (χ0) is 18.6. The van der Waals surface area contributed by atoms with Crippen LogP contribution in [-0.2, 0) is 16.0 Å². The molecule has 0 saturated heterocycles. The number of methoxy groups -OCH3 is 1. The average molecular weight is 489 g/mol. The highest BCUT2D eigenvalue weighted by Gasteiger charge is 2.07. The van der Waals surface area contributed by atoms with Crippen LogP contribution in [0, 0.1) is 6.92 Å². The number of ether oxygens (including phenoxy) is 3. The lowest BCUT2D eigenvalue weighted by Gasteiger charge is -2.17. The van der Waals surface area contributed by atoms with Crippen LogP contribution < -0.4 is 15.4 Å². The maximum atomic E-state index is 5.84. The molecule has 0 aromatic heterocycles. The summed E-state index contributed by atoms with van der Waals surface area (Å²) in [7, 11) is 3.46. The van der Waals surface area contributed by atoms with Gasteiger partial charge >= 0.3 is 0 Å². The van der Waals surface area contributed by atoms with E-state index in [4.69, 9.17) is 14.2 Å². The van der Waals surface area contributed by atoms with Gasteiger partial charge in [0.25, 0.3) is 0 Å². The Bertz CT molecular complexity index is 620. The van der Waals surface area contributed by atoms with E-state index in [9.17, 15) is 0 Å². The van der Waals surface area contributed by atoms with Gasteiger partial charge in [-0.2, -0.15) is 0 Å². The lowest BCUT2D eigenvalue weighted by molar-refractivity contribution is 0.145. The maximum absolute atomic E-state index is 5.84. The van der Waals surface area contributed by atoms with Gasteiger partial charge < -0.3 is 24.8 Å². The molecule has 0 spiro atoms. The summed E-state index contributed by atoms with van der Waals surface area (Å²) >= 11 is 0. The van der Waals surface area contributed by atoms with Crippen molar-refractivity contribution < 1.29 is 14.2 Å². The Hall–Kier alpha value is -1.32. The van der Waals surface area contributed by atoms with Crippen LogP contribution in [0.3, 0.4) is 0 Å². The molecule has 6 nitrogen and oxygen atoms in total. The van der Waals surface area contributed by atoms with E-state index in [0.29, 0.717) is 19.8 Å². The Balaban J connectivity index is 0.00000364. The van der Waals surface area contributed by atoms with Gasteiger partial charge in [0.2, 0.25) is 0 Å². The molecule has 0 amide bonds. The summed E-state index contributed by atoms with van der Waals surface area (Å²) in [5.41, 5.74) is 3.72. The van der Waals surface area contributed by atoms with Gasteiger partial charge in [0.05, 0.1) is 19.8 Å². The minimum absolute atomic E-state index is 0. The maximum Gasteiger partial charge on any atom is 0.191 e. The van der Waals surface area contributed by atoms with E-state index >= 15 is 0 Å². The molecule has 1 aromatic carbocycles. The molecule has 152 valence electrons. The second kappa shape index (κ2) is 13.8. The summed E-state index contributed by atoms with van der Waals surface area (Å²) in [4.78, 5) is 4.30. The van der Waals surface area contributed by atoms with Gasteiger partial charge in [-0.05, 0) is 31.4 Å². The van der Waals surface area contributed by atoms with Crippen LogP contribution in [-0.4, -0.2) is 53.1 Å². The molecule has 0 bridgehead atoms. The molecular weight excluding hydrogens is 457 g/mol. The highest BCUT2D eigenvalue weighted by Crippen LogP contribution is 2.20. The first kappa shape index (κ1) is 23.7. The van der Waals surface area contributed by atoms with E-state index in [1.807, 2.05) is 0 Å². The molecule has 7 heteroatoms. The van der Waals surface area contributed by atoms with E-state index in [1.54, 1.807) is 14.2 Å². The Morgan fingerprint density at radius 3 is 2.81 bits per heavy atom. The predicted octanol–water partition coefficient (Wildman–Crippen LogP) is 3.04. The van der Waals surface area contributed by atoms with Crippen molar-refractivity contribution in [3.8, 4) is 5.75 Å². The first-order valence-corrected chi connectivity index (χ1v) is 9.14. The molecule has 2 N–H and O–H groups in total. The van der Waals surface area contributed by atoms with Gasteiger partial charge in [0.15, 0.2) is 5.96 Å². The van der Waals surface area contributed by atoms with E-state index in [-0.39, 0.29) is 24.0 Å². The Labute approximate surface area is 179 Å². The van der Waals surface area contributed by atoms with Crippen LogP contribution in [0.15, 0.2) is 34.8 Å². The zero-order valence-electron chi connectivity index (χ0n) is 16.5. The molecule has 0 fully saturated rings. The van der Waals surface area contributed by atoms with Gasteiger partial charge in [-0.3, -0.25) is 4.99 Å². The number of hydrogen-bond acceptors (Lipinski definition) is 4. The average Bonchev–Trinajstić information content (AvgIpc) is 2.66. The van der Waals surface area contributed by atoms with Gasteiger partial charge in [-0.15, -0.1) is 24.0 Å². The summed E-state index contributed by atoms with van der Waals surface area (Å²) in [6, 6.07) is 6.24. The van der Waals surface area contributed by atoms with Crippen molar-refractivity contribution in [3.63, 3.8) is 0 Å². The number of guanidine groups is 1. The van der Waals surface area contributed by atoms with Gasteiger partial charge in [0, 0.05) is 32.8 Å². The zero-order valence-corrected chi connectivity index (χ0v) is 18.9. The van der Waals surface area contributed by atoms with Crippen LogP contribution in [0.4, 0.5) is 0 Å². The molecule has 2 rings (SSSR count). The van der Waals surface area contributed by atoms with Crippen molar-refractivity contribution in [2.75, 3.05) is 47.1 Å². The normalized spacial score (nSPS) is 14.2. The first-order valence-electron chi connectivity index (χ1n) is 9.14. The van der Waals surface area contributed by atoms with Crippen molar-refractivity contribution in [1.82, 2.24) is 10.6 Å². The molecular formula is C20H32IN3O3. The third-order valence-corrected chi connectivity index (χ3v) is 4.23. The predicted molar refractivity (Wildman–Crippen MR) is 120 cm³/mol. The standard InChI is InChI=1S/C20H31N3O3.HI/c1-16-4-5-18(19(14-16)26-13-12-24-3)15-23-20(21-2)22-9-6-17-7-10-25-11-8-17;/h4-5,7,14H,6,8-13,15H2,1-3H3,(H2,21,22,23);1H. The Kier molecular flexibility index (Phi) is 12.1. The SMILES string of the molecule is CN=C(NCCC1=CCOCC1)NCc1ccc(C)cc1OCCOC.I. The summed E-state index contributed by atoms with van der Waals surface area (Å²) < 4.78 is 16.2. The number of nitrogens with zero attached hydrogens (tertiary/aromatic N) is 1. The molecule has 0 unspecified atom stereocenters. The third-order valence-electron chi connectivity index (χ3n) is 4.23. The summed E-state index contributed by atoms with van der Waals surface area (Å²) in [6.45, 7) is 6.25. The minimum Gasteiger partial charge on any atom is -0.491 e. The van der Waals surface area contributed by atoms with Crippen LogP contribution in [0.25, 0.3) is 0 Å². The van der Waals surface area contributed by atoms with Crippen molar-refractivity contribution >= 4 is 29.9 Å². The molecule has 27 heavy (non-hydrogen) atoms. The lowest BCUT2D eigenvalue weighted by Crippen LogP contribution is -2.37. The number of nitrogens with one attached hydrogen (secondary N) is 2. The van der Waals surface area contributed by atoms with Gasteiger partial charge in [-0.25, -0.2) is 0 Å². The summed E-state index contributed by atoms with van der Waals surface area (Å²) in [5.74, 6) is 1.68. The number of halogens is 1. The second-order valence-electron chi connectivity index (χ2n) is 6.24. The van der Waals surface area contributed by atoms with E-state index in [0.717, 1.165) is 49.9 Å². The number of aliphatic imine (C=N–C) groups is 1. The molecule has 1 aliphatic heterocycles. The fraction of sp³-hybridized carbons (Fsp3) is 0.550. The van der Waals surface area contributed by atoms with Gasteiger partial charge in [-0.1, -0.05) is 23.8 Å². The highest BCUT2D eigenvalue weighted by molar-refractivity contribution is 14.0. The van der Waals surface area contributed by atoms with Crippen molar-refractivity contribution in [1.29, 1.82) is 0 Å². The molecule has 0 aliphatic carbocycles. The number of benzene rings is 1. The van der Waals surface area contributed by atoms with Gasteiger partial charge in [0.1, 0.15) is 12.4 Å². The Morgan fingerprint density at radius 2 is 2.11 bits per heavy atom. The van der Waals surface area contributed by atoms with Crippen LogP contribution >= 0.6 is 24.0 Å². The molecule has 0 atom stereocenters. The third kappa shape index (κ3) is 8.94. The van der Waals surface area contributed by atoms with Crippen LogP contribution in [0.1, 0.15) is 24.0 Å². The fourth-order valence-electron chi connectivity index (χ4n) is 2.71. The lowest BCUT2D eigenvalue weighted by atomic mass is 10.1. The largest absolute Gasteiger partial charge is 0.491 e. The molecule has 1 heterocycles. The monoisotopic (exact) mass is 489 g/mol. The van der Waals surface area contributed by atoms with Crippen LogP contribution in [0.5, 0.6) is 5.75 Å².